The number of benzene rings is 1. The lowest BCUT2D eigenvalue weighted by Crippen LogP contribution is -2.26. The molecule has 0 saturated carbocycles. The molecule has 0 saturated heterocycles. The maximum Gasteiger partial charge on any atom is 0.254 e. The molecule has 1 aromatic heterocycles. The molecule has 0 aliphatic carbocycles. The number of carbonyl (C=O) groups excluding carboxylic acids is 1. The first kappa shape index (κ1) is 14.8. The van der Waals surface area contributed by atoms with Gasteiger partial charge in [-0.2, -0.15) is 0 Å². The summed E-state index contributed by atoms with van der Waals surface area (Å²) in [5.41, 5.74) is 7.94. The number of hydrogen-bond acceptors (Lipinski definition) is 3. The van der Waals surface area contributed by atoms with Gasteiger partial charge in [0.05, 0.1) is 6.54 Å². The Kier molecular flexibility index (Phi) is 5.08. The van der Waals surface area contributed by atoms with E-state index in [0.717, 1.165) is 11.1 Å². The molecule has 2 N–H and O–H groups in total. The van der Waals surface area contributed by atoms with Gasteiger partial charge in [0.1, 0.15) is 0 Å². The first-order chi connectivity index (χ1) is 10.2. The summed E-state index contributed by atoms with van der Waals surface area (Å²) in [4.78, 5) is 17.8. The van der Waals surface area contributed by atoms with Crippen molar-refractivity contribution in [3.05, 3.63) is 65.5 Å². The Balaban J connectivity index is 2.09. The van der Waals surface area contributed by atoms with Crippen LogP contribution in [0.15, 0.2) is 48.8 Å². The number of carbonyl (C=O) groups is 1. The number of pyridine rings is 1. The number of nitrogens with two attached hydrogens (primary N) is 1. The van der Waals surface area contributed by atoms with E-state index in [9.17, 15) is 4.79 Å². The van der Waals surface area contributed by atoms with Gasteiger partial charge < -0.3 is 10.6 Å². The summed E-state index contributed by atoms with van der Waals surface area (Å²) in [7, 11) is 1.78. The monoisotopic (exact) mass is 279 g/mol. The molecule has 1 amide bonds. The van der Waals surface area contributed by atoms with Crippen LogP contribution in [0.1, 0.15) is 21.5 Å². The van der Waals surface area contributed by atoms with E-state index in [2.05, 4.69) is 16.8 Å². The molecule has 1 heterocycles. The Hall–Kier alpha value is -2.64. The molecule has 0 bridgehead atoms. The third-order valence-electron chi connectivity index (χ3n) is 2.96. The predicted molar refractivity (Wildman–Crippen MR) is 82.4 cm³/mol. The summed E-state index contributed by atoms with van der Waals surface area (Å²) >= 11 is 0. The van der Waals surface area contributed by atoms with E-state index in [0.29, 0.717) is 18.7 Å². The molecule has 1 aromatic carbocycles. The molecule has 4 heteroatoms. The van der Waals surface area contributed by atoms with E-state index in [1.54, 1.807) is 36.5 Å². The van der Waals surface area contributed by atoms with Gasteiger partial charge in [0.25, 0.3) is 5.91 Å². The molecule has 0 aliphatic rings. The predicted octanol–water partition coefficient (Wildman–Crippen LogP) is 1.66. The third kappa shape index (κ3) is 4.16. The summed E-state index contributed by atoms with van der Waals surface area (Å²) in [6.07, 6.45) is 3.23. The van der Waals surface area contributed by atoms with Crippen LogP contribution in [0.3, 0.4) is 0 Å². The second-order valence-electron chi connectivity index (χ2n) is 4.60. The van der Waals surface area contributed by atoms with Crippen molar-refractivity contribution in [3.8, 4) is 11.8 Å². The molecule has 4 nitrogen and oxygen atoms in total. The van der Waals surface area contributed by atoms with Gasteiger partial charge in [-0.15, -0.1) is 0 Å². The van der Waals surface area contributed by atoms with Crippen molar-refractivity contribution in [2.45, 2.75) is 6.54 Å². The van der Waals surface area contributed by atoms with Crippen LogP contribution >= 0.6 is 0 Å². The minimum atomic E-state index is -0.0316. The van der Waals surface area contributed by atoms with Crippen LogP contribution in [-0.4, -0.2) is 29.4 Å². The van der Waals surface area contributed by atoms with Crippen LogP contribution in [0.5, 0.6) is 0 Å². The second kappa shape index (κ2) is 7.22. The molecule has 21 heavy (non-hydrogen) atoms. The highest BCUT2D eigenvalue weighted by molar-refractivity contribution is 5.93. The fraction of sp³-hybridized carbons (Fsp3) is 0.176. The van der Waals surface area contributed by atoms with Crippen molar-refractivity contribution >= 4 is 5.91 Å². The second-order valence-corrected chi connectivity index (χ2v) is 4.60. The topological polar surface area (TPSA) is 59.2 Å². The quantitative estimate of drug-likeness (QED) is 0.869. The van der Waals surface area contributed by atoms with Gasteiger partial charge >= 0.3 is 0 Å². The van der Waals surface area contributed by atoms with Crippen molar-refractivity contribution in [3.63, 3.8) is 0 Å². The Morgan fingerprint density at radius 1 is 1.29 bits per heavy atom. The molecule has 2 aromatic rings. The number of hydrogen-bond donors (Lipinski definition) is 1. The minimum absolute atomic E-state index is 0.0316. The van der Waals surface area contributed by atoms with Gasteiger partial charge in [-0.3, -0.25) is 9.78 Å². The Bertz CT molecular complexity index is 671. The standard InChI is InChI=1S/C17H17N3O/c1-20(17(21)16-7-10-19-11-8-16)13-15-5-2-4-14(12-15)6-3-9-18/h2,4-5,7-8,10-12H,9,13,18H2,1H3. The first-order valence-corrected chi connectivity index (χ1v) is 6.64. The molecule has 0 spiro atoms. The van der Waals surface area contributed by atoms with Crippen molar-refractivity contribution in [2.75, 3.05) is 13.6 Å². The molecular formula is C17H17N3O. The van der Waals surface area contributed by atoms with Gasteiger partial charge in [-0.1, -0.05) is 24.0 Å². The molecule has 0 aliphatic heterocycles. The van der Waals surface area contributed by atoms with Gasteiger partial charge in [-0.05, 0) is 29.8 Å². The van der Waals surface area contributed by atoms with Gasteiger partial charge in [0.15, 0.2) is 0 Å². The highest BCUT2D eigenvalue weighted by Gasteiger charge is 2.11. The van der Waals surface area contributed by atoms with Gasteiger partial charge in [-0.25, -0.2) is 0 Å². The zero-order chi connectivity index (χ0) is 15.1. The van der Waals surface area contributed by atoms with E-state index in [-0.39, 0.29) is 5.91 Å². The summed E-state index contributed by atoms with van der Waals surface area (Å²) in [5, 5.41) is 0. The molecule has 0 atom stereocenters. The van der Waals surface area contributed by atoms with Crippen LogP contribution in [0.2, 0.25) is 0 Å². The summed E-state index contributed by atoms with van der Waals surface area (Å²) in [5.74, 6) is 5.78. The highest BCUT2D eigenvalue weighted by Crippen LogP contribution is 2.09. The molecule has 2 rings (SSSR count). The number of amides is 1. The fourth-order valence-corrected chi connectivity index (χ4v) is 1.96. The molecule has 0 radical (unpaired) electrons. The van der Waals surface area contributed by atoms with Crippen LogP contribution in [0.25, 0.3) is 0 Å². The normalized spacial score (nSPS) is 9.62. The molecule has 106 valence electrons. The first-order valence-electron chi connectivity index (χ1n) is 6.64. The number of nitrogens with zero attached hydrogens (tertiary/aromatic N) is 2. The lowest BCUT2D eigenvalue weighted by atomic mass is 10.1. The minimum Gasteiger partial charge on any atom is -0.337 e. The SMILES string of the molecule is CN(Cc1cccc(C#CCN)c1)C(=O)c1ccncc1. The third-order valence-corrected chi connectivity index (χ3v) is 2.96. The van der Waals surface area contributed by atoms with E-state index in [1.165, 1.54) is 0 Å². The lowest BCUT2D eigenvalue weighted by molar-refractivity contribution is 0.0785. The number of rotatable bonds is 3. The van der Waals surface area contributed by atoms with Crippen LogP contribution in [0, 0.1) is 11.8 Å². The summed E-state index contributed by atoms with van der Waals surface area (Å²) in [6, 6.07) is 11.2. The summed E-state index contributed by atoms with van der Waals surface area (Å²) in [6.45, 7) is 0.865. The van der Waals surface area contributed by atoms with Gasteiger partial charge in [0.2, 0.25) is 0 Å². The van der Waals surface area contributed by atoms with E-state index in [4.69, 9.17) is 5.73 Å². The maximum atomic E-state index is 12.3. The van der Waals surface area contributed by atoms with Crippen LogP contribution < -0.4 is 5.73 Å². The zero-order valence-corrected chi connectivity index (χ0v) is 11.9. The van der Waals surface area contributed by atoms with Crippen molar-refractivity contribution in [1.82, 2.24) is 9.88 Å². The number of aromatic nitrogens is 1. The molecule has 0 unspecified atom stereocenters. The Morgan fingerprint density at radius 3 is 2.76 bits per heavy atom. The maximum absolute atomic E-state index is 12.3. The molecule has 0 fully saturated rings. The van der Waals surface area contributed by atoms with E-state index >= 15 is 0 Å². The van der Waals surface area contributed by atoms with Crippen LogP contribution in [0.4, 0.5) is 0 Å². The average molecular weight is 279 g/mol. The van der Waals surface area contributed by atoms with Crippen molar-refractivity contribution in [2.24, 2.45) is 5.73 Å². The Morgan fingerprint density at radius 2 is 2.05 bits per heavy atom. The lowest BCUT2D eigenvalue weighted by Gasteiger charge is -2.17. The highest BCUT2D eigenvalue weighted by atomic mass is 16.2. The van der Waals surface area contributed by atoms with E-state index < -0.39 is 0 Å². The van der Waals surface area contributed by atoms with Crippen LogP contribution in [-0.2, 0) is 6.54 Å². The van der Waals surface area contributed by atoms with Crippen molar-refractivity contribution < 1.29 is 4.79 Å². The average Bonchev–Trinajstić information content (AvgIpc) is 2.53. The fourth-order valence-electron chi connectivity index (χ4n) is 1.96. The van der Waals surface area contributed by atoms with Gasteiger partial charge in [0, 0.05) is 37.1 Å². The van der Waals surface area contributed by atoms with Crippen molar-refractivity contribution in [1.29, 1.82) is 0 Å². The van der Waals surface area contributed by atoms with E-state index in [1.807, 2.05) is 24.3 Å². The molecular weight excluding hydrogens is 262 g/mol. The largest absolute Gasteiger partial charge is 0.337 e. The zero-order valence-electron chi connectivity index (χ0n) is 11.9. The Labute approximate surface area is 124 Å². The summed E-state index contributed by atoms with van der Waals surface area (Å²) < 4.78 is 0. The smallest absolute Gasteiger partial charge is 0.254 e.